The second-order valence-electron chi connectivity index (χ2n) is 8.29. The number of furan rings is 1. The maximum atomic E-state index is 12.0. The quantitative estimate of drug-likeness (QED) is 0.786. The highest BCUT2D eigenvalue weighted by Gasteiger charge is 2.44. The van der Waals surface area contributed by atoms with E-state index in [9.17, 15) is 9.90 Å². The van der Waals surface area contributed by atoms with Crippen molar-refractivity contribution < 1.29 is 23.8 Å². The summed E-state index contributed by atoms with van der Waals surface area (Å²) in [6, 6.07) is 5.89. The fraction of sp³-hybridized carbons (Fsp3) is 0.591. The van der Waals surface area contributed by atoms with Gasteiger partial charge in [-0.3, -0.25) is 4.79 Å². The number of carbonyl (C=O) groups excluding carboxylic acids is 1. The standard InChI is InChI=1S/C22H28O5/c1-4-26-20(23)14-7-9-22(24,10-8-14)16-5-6-17(25-3)19-15(16)13-18(27-19)21(2)11-12-21/h5-6,13-14,24H,4,7-12H2,1-3H3. The van der Waals surface area contributed by atoms with Crippen molar-refractivity contribution in [3.63, 3.8) is 0 Å². The van der Waals surface area contributed by atoms with Crippen molar-refractivity contribution in [2.75, 3.05) is 13.7 Å². The average molecular weight is 372 g/mol. The molecule has 0 radical (unpaired) electrons. The van der Waals surface area contributed by atoms with Crippen LogP contribution in [0.4, 0.5) is 0 Å². The van der Waals surface area contributed by atoms with Gasteiger partial charge in [0, 0.05) is 10.8 Å². The zero-order valence-corrected chi connectivity index (χ0v) is 16.3. The fourth-order valence-corrected chi connectivity index (χ4v) is 4.26. The van der Waals surface area contributed by atoms with E-state index in [1.165, 1.54) is 0 Å². The van der Waals surface area contributed by atoms with E-state index in [4.69, 9.17) is 13.9 Å². The van der Waals surface area contributed by atoms with E-state index >= 15 is 0 Å². The molecule has 0 bridgehead atoms. The van der Waals surface area contributed by atoms with Crippen LogP contribution in [0.5, 0.6) is 5.75 Å². The summed E-state index contributed by atoms with van der Waals surface area (Å²) < 4.78 is 16.8. The van der Waals surface area contributed by atoms with Crippen molar-refractivity contribution in [1.29, 1.82) is 0 Å². The lowest BCUT2D eigenvalue weighted by atomic mass is 9.74. The van der Waals surface area contributed by atoms with Gasteiger partial charge in [-0.15, -0.1) is 0 Å². The van der Waals surface area contributed by atoms with E-state index in [1.54, 1.807) is 7.11 Å². The SMILES string of the molecule is CCOC(=O)C1CCC(O)(c2ccc(OC)c3oc(C4(C)CC4)cc23)CC1. The Morgan fingerprint density at radius 2 is 1.96 bits per heavy atom. The highest BCUT2D eigenvalue weighted by Crippen LogP contribution is 2.51. The first-order chi connectivity index (χ1) is 12.9. The molecule has 5 nitrogen and oxygen atoms in total. The van der Waals surface area contributed by atoms with Gasteiger partial charge in [0.15, 0.2) is 11.3 Å². The minimum Gasteiger partial charge on any atom is -0.493 e. The maximum Gasteiger partial charge on any atom is 0.308 e. The second kappa shape index (κ2) is 6.55. The molecule has 2 aliphatic rings. The normalized spacial score (nSPS) is 26.7. The first-order valence-corrected chi connectivity index (χ1v) is 9.91. The Kier molecular flexibility index (Phi) is 4.46. The number of ether oxygens (including phenoxy) is 2. The van der Waals surface area contributed by atoms with Crippen molar-refractivity contribution in [2.24, 2.45) is 5.92 Å². The number of esters is 1. The number of fused-ring (bicyclic) bond motifs is 1. The zero-order chi connectivity index (χ0) is 19.2. The lowest BCUT2D eigenvalue weighted by Gasteiger charge is -2.36. The van der Waals surface area contributed by atoms with E-state index in [0.29, 0.717) is 43.6 Å². The number of carbonyl (C=O) groups is 1. The van der Waals surface area contributed by atoms with Crippen molar-refractivity contribution in [1.82, 2.24) is 0 Å². The molecular weight excluding hydrogens is 344 g/mol. The lowest BCUT2D eigenvalue weighted by molar-refractivity contribution is -0.151. The van der Waals surface area contributed by atoms with Crippen LogP contribution in [0.1, 0.15) is 63.7 Å². The van der Waals surface area contributed by atoms with Crippen molar-refractivity contribution in [3.05, 3.63) is 29.5 Å². The molecule has 2 aliphatic carbocycles. The first kappa shape index (κ1) is 18.4. The number of hydrogen-bond acceptors (Lipinski definition) is 5. The summed E-state index contributed by atoms with van der Waals surface area (Å²) in [7, 11) is 1.63. The van der Waals surface area contributed by atoms with Crippen LogP contribution >= 0.6 is 0 Å². The van der Waals surface area contributed by atoms with Gasteiger partial charge in [0.25, 0.3) is 0 Å². The van der Waals surface area contributed by atoms with Gasteiger partial charge in [0.2, 0.25) is 0 Å². The van der Waals surface area contributed by atoms with Gasteiger partial charge in [-0.1, -0.05) is 13.0 Å². The molecule has 0 unspecified atom stereocenters. The van der Waals surface area contributed by atoms with Crippen LogP contribution in [0.25, 0.3) is 11.0 Å². The minimum absolute atomic E-state index is 0.103. The van der Waals surface area contributed by atoms with E-state index in [0.717, 1.165) is 29.6 Å². The van der Waals surface area contributed by atoms with Gasteiger partial charge in [-0.2, -0.15) is 0 Å². The summed E-state index contributed by atoms with van der Waals surface area (Å²) in [5.74, 6) is 1.39. The van der Waals surface area contributed by atoms with E-state index < -0.39 is 5.60 Å². The van der Waals surface area contributed by atoms with Crippen LogP contribution in [-0.4, -0.2) is 24.8 Å². The number of aliphatic hydroxyl groups is 1. The van der Waals surface area contributed by atoms with E-state index in [2.05, 4.69) is 13.0 Å². The summed E-state index contributed by atoms with van der Waals surface area (Å²) in [5.41, 5.74) is 0.726. The highest BCUT2D eigenvalue weighted by molar-refractivity contribution is 5.88. The number of methoxy groups -OCH3 is 1. The van der Waals surface area contributed by atoms with Gasteiger partial charge < -0.3 is 19.0 Å². The Hall–Kier alpha value is -2.01. The predicted octanol–water partition coefficient (Wildman–Crippen LogP) is 4.43. The summed E-state index contributed by atoms with van der Waals surface area (Å²) in [6.45, 7) is 4.42. The van der Waals surface area contributed by atoms with Crippen LogP contribution in [0.15, 0.2) is 22.6 Å². The Balaban J connectivity index is 1.67. The lowest BCUT2D eigenvalue weighted by Crippen LogP contribution is -2.34. The average Bonchev–Trinajstić information content (AvgIpc) is 3.25. The molecule has 146 valence electrons. The molecule has 1 N–H and O–H groups in total. The molecule has 1 heterocycles. The molecule has 0 atom stereocenters. The van der Waals surface area contributed by atoms with Gasteiger partial charge in [-0.05, 0) is 63.1 Å². The van der Waals surface area contributed by atoms with Gasteiger partial charge >= 0.3 is 5.97 Å². The molecule has 5 heteroatoms. The van der Waals surface area contributed by atoms with Crippen molar-refractivity contribution >= 4 is 16.9 Å². The predicted molar refractivity (Wildman–Crippen MR) is 102 cm³/mol. The van der Waals surface area contributed by atoms with E-state index in [-0.39, 0.29) is 17.3 Å². The van der Waals surface area contributed by atoms with Crippen LogP contribution in [-0.2, 0) is 20.5 Å². The minimum atomic E-state index is -0.959. The Morgan fingerprint density at radius 3 is 2.56 bits per heavy atom. The summed E-state index contributed by atoms with van der Waals surface area (Å²) in [6.07, 6.45) is 4.58. The Labute approximate surface area is 159 Å². The molecule has 27 heavy (non-hydrogen) atoms. The van der Waals surface area contributed by atoms with Crippen molar-refractivity contribution in [2.45, 2.75) is 63.4 Å². The molecular formula is C22H28O5. The van der Waals surface area contributed by atoms with Crippen LogP contribution in [0.2, 0.25) is 0 Å². The van der Waals surface area contributed by atoms with Crippen molar-refractivity contribution in [3.8, 4) is 5.75 Å². The van der Waals surface area contributed by atoms with Crippen LogP contribution in [0.3, 0.4) is 0 Å². The molecule has 4 rings (SSSR count). The van der Waals surface area contributed by atoms with E-state index in [1.807, 2.05) is 19.1 Å². The van der Waals surface area contributed by atoms with Gasteiger partial charge in [0.05, 0.1) is 25.2 Å². The Morgan fingerprint density at radius 1 is 1.26 bits per heavy atom. The number of benzene rings is 1. The number of hydrogen-bond donors (Lipinski definition) is 1. The van der Waals surface area contributed by atoms with Crippen LogP contribution < -0.4 is 4.74 Å². The Bertz CT molecular complexity index is 853. The largest absolute Gasteiger partial charge is 0.493 e. The van der Waals surface area contributed by atoms with Crippen LogP contribution in [0, 0.1) is 5.92 Å². The molecule has 2 aromatic rings. The first-order valence-electron chi connectivity index (χ1n) is 9.91. The van der Waals surface area contributed by atoms with Gasteiger partial charge in [0.1, 0.15) is 5.76 Å². The molecule has 0 amide bonds. The molecule has 1 aromatic carbocycles. The third-order valence-corrected chi connectivity index (χ3v) is 6.40. The number of rotatable bonds is 5. The highest BCUT2D eigenvalue weighted by atomic mass is 16.5. The molecule has 0 spiro atoms. The van der Waals surface area contributed by atoms with Gasteiger partial charge in [-0.25, -0.2) is 0 Å². The zero-order valence-electron chi connectivity index (χ0n) is 16.3. The summed E-state index contributed by atoms with van der Waals surface area (Å²) in [4.78, 5) is 12.0. The molecule has 0 saturated heterocycles. The monoisotopic (exact) mass is 372 g/mol. The topological polar surface area (TPSA) is 68.9 Å². The summed E-state index contributed by atoms with van der Waals surface area (Å²) in [5, 5.41) is 12.4. The molecule has 1 aromatic heterocycles. The summed E-state index contributed by atoms with van der Waals surface area (Å²) >= 11 is 0. The molecule has 2 fully saturated rings. The fourth-order valence-electron chi connectivity index (χ4n) is 4.26. The molecule has 0 aliphatic heterocycles. The third-order valence-electron chi connectivity index (χ3n) is 6.40. The smallest absolute Gasteiger partial charge is 0.308 e. The maximum absolute atomic E-state index is 12.0. The second-order valence-corrected chi connectivity index (χ2v) is 8.29. The third kappa shape index (κ3) is 3.12. The molecule has 2 saturated carbocycles.